The van der Waals surface area contributed by atoms with Crippen LogP contribution >= 0.6 is 0 Å². The van der Waals surface area contributed by atoms with Gasteiger partial charge < -0.3 is 24.3 Å². The van der Waals surface area contributed by atoms with E-state index in [4.69, 9.17) is 18.9 Å². The molecule has 0 unspecified atom stereocenters. The molecule has 0 radical (unpaired) electrons. The first-order valence-electron chi connectivity index (χ1n) is 7.56. The summed E-state index contributed by atoms with van der Waals surface area (Å²) < 4.78 is 20.2. The van der Waals surface area contributed by atoms with Crippen LogP contribution in [-0.4, -0.2) is 65.9 Å². The average molecular weight is 376 g/mol. The summed E-state index contributed by atoms with van der Waals surface area (Å²) in [5.74, 6) is -2.95. The Bertz CT molecular complexity index is 592. The topological polar surface area (TPSA) is 160 Å². The summed E-state index contributed by atoms with van der Waals surface area (Å²) in [4.78, 5) is 55.9. The number of rotatable bonds is 6. The largest absolute Gasteiger partial charge is 0.463 e. The molecule has 5 atom stereocenters. The second kappa shape index (κ2) is 9.08. The first kappa shape index (κ1) is 21.3. The zero-order chi connectivity index (χ0) is 20.0. The number of nitro groups is 1. The van der Waals surface area contributed by atoms with Crippen LogP contribution in [0.15, 0.2) is 0 Å². The minimum Gasteiger partial charge on any atom is -0.463 e. The van der Waals surface area contributed by atoms with Gasteiger partial charge in [0.25, 0.3) is 0 Å². The Morgan fingerprint density at radius 3 is 1.96 bits per heavy atom. The van der Waals surface area contributed by atoms with Crippen LogP contribution in [0.3, 0.4) is 0 Å². The number of nitrogens with zero attached hydrogens (tertiary/aromatic N) is 1. The van der Waals surface area contributed by atoms with Gasteiger partial charge in [-0.1, -0.05) is 0 Å². The van der Waals surface area contributed by atoms with Crippen LogP contribution in [0.4, 0.5) is 0 Å². The molecule has 0 spiro atoms. The molecular formula is C14H20N2O10. The predicted octanol–water partition coefficient (Wildman–Crippen LogP) is -1.08. The summed E-state index contributed by atoms with van der Waals surface area (Å²) in [7, 11) is 0. The van der Waals surface area contributed by atoms with Crippen LogP contribution in [0.1, 0.15) is 27.7 Å². The van der Waals surface area contributed by atoms with E-state index in [1.165, 1.54) is 0 Å². The second-order valence-corrected chi connectivity index (χ2v) is 5.53. The number of esters is 3. The van der Waals surface area contributed by atoms with E-state index in [0.29, 0.717) is 0 Å². The Kier molecular flexibility index (Phi) is 7.43. The third-order valence-corrected chi connectivity index (χ3v) is 3.30. The van der Waals surface area contributed by atoms with Gasteiger partial charge in [0.2, 0.25) is 5.91 Å². The standard InChI is InChI=1S/C14H20N2O10/c1-6(17)15-11-13(25-9(4)20)12(24-8(3)19)10(5-23-7(2)18)26-14(11)16(21)22/h10-14H,5H2,1-4H3,(H,15,17)/t10-,11+,12+,13-,14-/m0/s1. The molecule has 1 fully saturated rings. The summed E-state index contributed by atoms with van der Waals surface area (Å²) in [6, 6.07) is -1.43. The fourth-order valence-corrected chi connectivity index (χ4v) is 2.49. The lowest BCUT2D eigenvalue weighted by molar-refractivity contribution is -0.594. The van der Waals surface area contributed by atoms with E-state index in [0.717, 1.165) is 27.7 Å². The maximum absolute atomic E-state index is 11.5. The minimum absolute atomic E-state index is 0.484. The number of nitrogens with one attached hydrogen (secondary N) is 1. The predicted molar refractivity (Wildman–Crippen MR) is 81.0 cm³/mol. The van der Waals surface area contributed by atoms with E-state index in [-0.39, 0.29) is 0 Å². The maximum Gasteiger partial charge on any atom is 0.340 e. The number of carbonyl (C=O) groups is 4. The molecule has 26 heavy (non-hydrogen) atoms. The summed E-state index contributed by atoms with van der Waals surface area (Å²) in [6.45, 7) is 3.85. The van der Waals surface area contributed by atoms with E-state index in [1.54, 1.807) is 0 Å². The van der Waals surface area contributed by atoms with Gasteiger partial charge in [0.1, 0.15) is 12.7 Å². The Morgan fingerprint density at radius 2 is 1.54 bits per heavy atom. The Morgan fingerprint density at radius 1 is 1.00 bits per heavy atom. The number of hydrogen-bond donors (Lipinski definition) is 1. The first-order valence-corrected chi connectivity index (χ1v) is 7.56. The fourth-order valence-electron chi connectivity index (χ4n) is 2.49. The van der Waals surface area contributed by atoms with Crippen LogP contribution in [0.2, 0.25) is 0 Å². The van der Waals surface area contributed by atoms with Crippen LogP contribution < -0.4 is 5.32 Å². The highest BCUT2D eigenvalue weighted by molar-refractivity contribution is 5.73. The number of carbonyl (C=O) groups excluding carboxylic acids is 4. The molecule has 1 saturated heterocycles. The molecule has 1 amide bonds. The lowest BCUT2D eigenvalue weighted by atomic mass is 9.95. The van der Waals surface area contributed by atoms with Crippen molar-refractivity contribution >= 4 is 23.8 Å². The van der Waals surface area contributed by atoms with Crippen LogP contribution in [0, 0.1) is 10.1 Å². The molecular weight excluding hydrogens is 356 g/mol. The normalized spacial score (nSPS) is 27.8. The summed E-state index contributed by atoms with van der Waals surface area (Å²) in [6.07, 6.45) is -5.88. The molecule has 0 aromatic rings. The van der Waals surface area contributed by atoms with Gasteiger partial charge in [-0.05, 0) is 0 Å². The van der Waals surface area contributed by atoms with Crippen molar-refractivity contribution in [1.82, 2.24) is 5.32 Å². The molecule has 0 aromatic heterocycles. The molecule has 1 rings (SSSR count). The van der Waals surface area contributed by atoms with Crippen LogP contribution in [0.5, 0.6) is 0 Å². The molecule has 0 aliphatic carbocycles. The monoisotopic (exact) mass is 376 g/mol. The third kappa shape index (κ3) is 5.95. The van der Waals surface area contributed by atoms with Gasteiger partial charge in [0, 0.05) is 27.7 Å². The highest BCUT2D eigenvalue weighted by atomic mass is 16.7. The molecule has 12 heteroatoms. The van der Waals surface area contributed by atoms with Crippen LogP contribution in [0.25, 0.3) is 0 Å². The fraction of sp³-hybridized carbons (Fsp3) is 0.714. The quantitative estimate of drug-likeness (QED) is 0.261. The lowest BCUT2D eigenvalue weighted by Crippen LogP contribution is -2.67. The zero-order valence-electron chi connectivity index (χ0n) is 14.6. The number of amides is 1. The van der Waals surface area contributed by atoms with Gasteiger partial charge in [0.05, 0.1) is 4.92 Å². The second-order valence-electron chi connectivity index (χ2n) is 5.53. The molecule has 0 saturated carbocycles. The van der Waals surface area contributed by atoms with Gasteiger partial charge in [-0.25, -0.2) is 0 Å². The highest BCUT2D eigenvalue weighted by Crippen LogP contribution is 2.27. The average Bonchev–Trinajstić information content (AvgIpc) is 2.47. The zero-order valence-corrected chi connectivity index (χ0v) is 14.6. The van der Waals surface area contributed by atoms with Gasteiger partial charge in [-0.3, -0.25) is 29.3 Å². The van der Waals surface area contributed by atoms with E-state index in [9.17, 15) is 29.3 Å². The molecule has 0 bridgehead atoms. The van der Waals surface area contributed by atoms with E-state index < -0.39 is 65.9 Å². The molecule has 1 N–H and O–H groups in total. The molecule has 146 valence electrons. The van der Waals surface area contributed by atoms with Crippen molar-refractivity contribution in [2.45, 2.75) is 58.3 Å². The third-order valence-electron chi connectivity index (χ3n) is 3.30. The van der Waals surface area contributed by atoms with Gasteiger partial charge >= 0.3 is 24.1 Å². The summed E-state index contributed by atoms with van der Waals surface area (Å²) in [5, 5.41) is 13.6. The molecule has 1 aliphatic rings. The van der Waals surface area contributed by atoms with Gasteiger partial charge in [0.15, 0.2) is 18.2 Å². The molecule has 0 aromatic carbocycles. The molecule has 1 heterocycles. The minimum atomic E-state index is -1.82. The van der Waals surface area contributed by atoms with Crippen molar-refractivity contribution in [3.8, 4) is 0 Å². The number of hydrogen-bond acceptors (Lipinski definition) is 10. The van der Waals surface area contributed by atoms with Crippen molar-refractivity contribution in [2.24, 2.45) is 0 Å². The Hall–Kier alpha value is -2.76. The van der Waals surface area contributed by atoms with E-state index >= 15 is 0 Å². The smallest absolute Gasteiger partial charge is 0.340 e. The van der Waals surface area contributed by atoms with Crippen molar-refractivity contribution in [2.75, 3.05) is 6.61 Å². The SMILES string of the molecule is CC(=O)N[C@@H]1[C@H](OC(C)=O)[C@H](OC(C)=O)[C@H](COC(C)=O)O[C@@H]1[N+](=O)[O-]. The Balaban J connectivity index is 3.29. The molecule has 1 aliphatic heterocycles. The van der Waals surface area contributed by atoms with Crippen molar-refractivity contribution < 1.29 is 43.0 Å². The van der Waals surface area contributed by atoms with Gasteiger partial charge in [-0.2, -0.15) is 0 Å². The molecule has 12 nitrogen and oxygen atoms in total. The van der Waals surface area contributed by atoms with Crippen molar-refractivity contribution in [3.05, 3.63) is 10.1 Å². The first-order chi connectivity index (χ1) is 12.0. The summed E-state index contributed by atoms with van der Waals surface area (Å²) in [5.41, 5.74) is 0. The van der Waals surface area contributed by atoms with Gasteiger partial charge in [-0.15, -0.1) is 0 Å². The van der Waals surface area contributed by atoms with Crippen LogP contribution in [-0.2, 0) is 38.1 Å². The van der Waals surface area contributed by atoms with E-state index in [2.05, 4.69) is 5.32 Å². The highest BCUT2D eigenvalue weighted by Gasteiger charge is 2.55. The lowest BCUT2D eigenvalue weighted by Gasteiger charge is -2.41. The number of ether oxygens (including phenoxy) is 4. The van der Waals surface area contributed by atoms with Crippen molar-refractivity contribution in [1.29, 1.82) is 0 Å². The summed E-state index contributed by atoms with van der Waals surface area (Å²) >= 11 is 0. The van der Waals surface area contributed by atoms with E-state index in [1.807, 2.05) is 0 Å². The Labute approximate surface area is 148 Å². The van der Waals surface area contributed by atoms with Crippen molar-refractivity contribution in [3.63, 3.8) is 0 Å². The maximum atomic E-state index is 11.5.